The third-order valence-electron chi connectivity index (χ3n) is 4.23. The van der Waals surface area contributed by atoms with Crippen LogP contribution in [0.3, 0.4) is 0 Å². The fourth-order valence-electron chi connectivity index (χ4n) is 2.73. The molecule has 0 amide bonds. The smallest absolute Gasteiger partial charge is 0.174 e. The van der Waals surface area contributed by atoms with Crippen LogP contribution in [0.2, 0.25) is 0 Å². The van der Waals surface area contributed by atoms with Crippen molar-refractivity contribution in [2.75, 3.05) is 25.5 Å². The molecule has 2 aromatic carbocycles. The van der Waals surface area contributed by atoms with Crippen LogP contribution in [0.5, 0.6) is 5.75 Å². The number of ether oxygens (including phenoxy) is 1. The van der Waals surface area contributed by atoms with Gasteiger partial charge in [0.25, 0.3) is 0 Å². The molecule has 1 aromatic heterocycles. The van der Waals surface area contributed by atoms with Gasteiger partial charge in [-0.2, -0.15) is 0 Å². The summed E-state index contributed by atoms with van der Waals surface area (Å²) in [6.45, 7) is 5.85. The van der Waals surface area contributed by atoms with Crippen molar-refractivity contribution in [1.29, 1.82) is 0 Å². The Bertz CT molecular complexity index is 907. The first kappa shape index (κ1) is 18.1. The predicted octanol–water partition coefficient (Wildman–Crippen LogP) is 4.34. The molecule has 3 rings (SSSR count). The number of hydrogen-bond donors (Lipinski definition) is 1. The van der Waals surface area contributed by atoms with Crippen molar-refractivity contribution < 1.29 is 4.74 Å². The summed E-state index contributed by atoms with van der Waals surface area (Å²) in [5, 5.41) is 4.91. The zero-order valence-corrected chi connectivity index (χ0v) is 16.0. The van der Waals surface area contributed by atoms with E-state index in [4.69, 9.17) is 26.9 Å². The Kier molecular flexibility index (Phi) is 5.63. The Balaban J connectivity index is 2.04. The molecule has 5 nitrogen and oxygen atoms in total. The van der Waals surface area contributed by atoms with Gasteiger partial charge in [0.2, 0.25) is 0 Å². The minimum absolute atomic E-state index is 0.649. The Hall–Kier alpha value is -2.73. The van der Waals surface area contributed by atoms with Gasteiger partial charge in [0.1, 0.15) is 11.6 Å². The van der Waals surface area contributed by atoms with Gasteiger partial charge in [-0.3, -0.25) is 0 Å². The highest BCUT2D eigenvalue weighted by Gasteiger charge is 2.12. The highest BCUT2D eigenvalue weighted by atomic mass is 32.1. The molecule has 6 heteroatoms. The maximum absolute atomic E-state index is 5.55. The molecule has 0 radical (unpaired) electrons. The molecule has 0 spiro atoms. The van der Waals surface area contributed by atoms with Gasteiger partial charge in [-0.05, 0) is 62.5 Å². The SMILES string of the molecule is CCN(CC)C(=S)Nc1nc(-c2ccc(OC)cc2)nc2ccccc12. The van der Waals surface area contributed by atoms with Gasteiger partial charge in [-0.1, -0.05) is 12.1 Å². The second kappa shape index (κ2) is 8.10. The molecular formula is C20H22N4OS. The number of nitrogens with one attached hydrogen (secondary N) is 1. The van der Waals surface area contributed by atoms with Gasteiger partial charge >= 0.3 is 0 Å². The van der Waals surface area contributed by atoms with E-state index in [1.165, 1.54) is 0 Å². The second-order valence-electron chi connectivity index (χ2n) is 5.74. The highest BCUT2D eigenvalue weighted by molar-refractivity contribution is 7.80. The molecule has 134 valence electrons. The molecule has 0 aliphatic rings. The van der Waals surface area contributed by atoms with Crippen LogP contribution >= 0.6 is 12.2 Å². The first-order chi connectivity index (χ1) is 12.7. The fraction of sp³-hybridized carbons (Fsp3) is 0.250. The largest absolute Gasteiger partial charge is 0.497 e. The number of para-hydroxylation sites is 1. The second-order valence-corrected chi connectivity index (χ2v) is 6.13. The lowest BCUT2D eigenvalue weighted by atomic mass is 10.1. The van der Waals surface area contributed by atoms with E-state index in [-0.39, 0.29) is 0 Å². The Morgan fingerprint density at radius 1 is 1.04 bits per heavy atom. The molecule has 0 aliphatic carbocycles. The molecule has 0 fully saturated rings. The molecule has 1 heterocycles. The molecule has 26 heavy (non-hydrogen) atoms. The third-order valence-corrected chi connectivity index (χ3v) is 4.59. The van der Waals surface area contributed by atoms with Crippen molar-refractivity contribution in [3.05, 3.63) is 48.5 Å². The van der Waals surface area contributed by atoms with Crippen molar-refractivity contribution in [3.63, 3.8) is 0 Å². The summed E-state index contributed by atoms with van der Waals surface area (Å²) in [6, 6.07) is 15.6. The number of hydrogen-bond acceptors (Lipinski definition) is 4. The Morgan fingerprint density at radius 2 is 1.73 bits per heavy atom. The van der Waals surface area contributed by atoms with Crippen LogP contribution in [-0.4, -0.2) is 40.2 Å². The van der Waals surface area contributed by atoms with Crippen molar-refractivity contribution in [2.45, 2.75) is 13.8 Å². The fourth-order valence-corrected chi connectivity index (χ4v) is 3.09. The summed E-state index contributed by atoms with van der Waals surface area (Å²) in [5.41, 5.74) is 1.80. The number of rotatable bonds is 5. The Labute approximate surface area is 159 Å². The van der Waals surface area contributed by atoms with Crippen molar-refractivity contribution in [1.82, 2.24) is 14.9 Å². The van der Waals surface area contributed by atoms with Gasteiger partial charge < -0.3 is 15.0 Å². The number of benzene rings is 2. The van der Waals surface area contributed by atoms with E-state index in [0.717, 1.165) is 41.1 Å². The zero-order chi connectivity index (χ0) is 18.5. The summed E-state index contributed by atoms with van der Waals surface area (Å²) in [7, 11) is 1.65. The molecule has 0 atom stereocenters. The van der Waals surface area contributed by atoms with Gasteiger partial charge in [-0.25, -0.2) is 9.97 Å². The van der Waals surface area contributed by atoms with E-state index in [1.54, 1.807) is 7.11 Å². The topological polar surface area (TPSA) is 50.3 Å². The van der Waals surface area contributed by atoms with Crippen molar-refractivity contribution in [2.24, 2.45) is 0 Å². The summed E-state index contributed by atoms with van der Waals surface area (Å²) >= 11 is 5.55. The average molecular weight is 366 g/mol. The number of anilines is 1. The van der Waals surface area contributed by atoms with E-state index in [0.29, 0.717) is 10.9 Å². The number of aromatic nitrogens is 2. The number of fused-ring (bicyclic) bond motifs is 1. The first-order valence-corrected chi connectivity index (χ1v) is 9.04. The number of methoxy groups -OCH3 is 1. The molecular weight excluding hydrogens is 344 g/mol. The van der Waals surface area contributed by atoms with Crippen LogP contribution in [-0.2, 0) is 0 Å². The summed E-state index contributed by atoms with van der Waals surface area (Å²) < 4.78 is 5.23. The van der Waals surface area contributed by atoms with E-state index in [9.17, 15) is 0 Å². The standard InChI is InChI=1S/C20H22N4OS/c1-4-24(5-2)20(26)23-19-16-8-6-7-9-17(16)21-18(22-19)14-10-12-15(25-3)13-11-14/h6-13H,4-5H2,1-3H3,(H,21,22,23,26). The summed E-state index contributed by atoms with van der Waals surface area (Å²) in [4.78, 5) is 11.5. The quantitative estimate of drug-likeness (QED) is 0.678. The predicted molar refractivity (Wildman–Crippen MR) is 111 cm³/mol. The van der Waals surface area contributed by atoms with Crippen LogP contribution in [0.15, 0.2) is 48.5 Å². The molecule has 0 saturated heterocycles. The van der Waals surface area contributed by atoms with Gasteiger partial charge in [0.05, 0.1) is 12.6 Å². The normalized spacial score (nSPS) is 10.6. The van der Waals surface area contributed by atoms with Crippen LogP contribution in [0.1, 0.15) is 13.8 Å². The number of nitrogens with zero attached hydrogens (tertiary/aromatic N) is 3. The minimum Gasteiger partial charge on any atom is -0.497 e. The first-order valence-electron chi connectivity index (χ1n) is 8.63. The maximum atomic E-state index is 5.55. The van der Waals surface area contributed by atoms with Crippen molar-refractivity contribution >= 4 is 34.1 Å². The van der Waals surface area contributed by atoms with E-state index in [2.05, 4.69) is 24.1 Å². The zero-order valence-electron chi connectivity index (χ0n) is 15.2. The van der Waals surface area contributed by atoms with Crippen LogP contribution in [0.25, 0.3) is 22.3 Å². The lowest BCUT2D eigenvalue weighted by molar-refractivity contribution is 0.415. The van der Waals surface area contributed by atoms with Crippen LogP contribution < -0.4 is 10.1 Å². The third kappa shape index (κ3) is 3.75. The highest BCUT2D eigenvalue weighted by Crippen LogP contribution is 2.26. The van der Waals surface area contributed by atoms with Gasteiger partial charge in [0.15, 0.2) is 10.9 Å². The van der Waals surface area contributed by atoms with Gasteiger partial charge in [0, 0.05) is 24.0 Å². The van der Waals surface area contributed by atoms with Crippen LogP contribution in [0, 0.1) is 0 Å². The average Bonchev–Trinajstić information content (AvgIpc) is 2.69. The monoisotopic (exact) mass is 366 g/mol. The van der Waals surface area contributed by atoms with E-state index < -0.39 is 0 Å². The summed E-state index contributed by atoms with van der Waals surface area (Å²) in [5.74, 6) is 2.17. The lowest BCUT2D eigenvalue weighted by Gasteiger charge is -2.22. The molecule has 3 aromatic rings. The molecule has 0 saturated carbocycles. The number of thiocarbonyl (C=S) groups is 1. The Morgan fingerprint density at radius 3 is 2.38 bits per heavy atom. The maximum Gasteiger partial charge on any atom is 0.174 e. The van der Waals surface area contributed by atoms with E-state index >= 15 is 0 Å². The minimum atomic E-state index is 0.649. The lowest BCUT2D eigenvalue weighted by Crippen LogP contribution is -2.34. The van der Waals surface area contributed by atoms with Crippen molar-refractivity contribution in [3.8, 4) is 17.1 Å². The van der Waals surface area contributed by atoms with E-state index in [1.807, 2.05) is 48.5 Å². The molecule has 1 N–H and O–H groups in total. The molecule has 0 bridgehead atoms. The molecule has 0 aliphatic heterocycles. The van der Waals surface area contributed by atoms with Crippen LogP contribution in [0.4, 0.5) is 5.82 Å². The molecule has 0 unspecified atom stereocenters. The van der Waals surface area contributed by atoms with Gasteiger partial charge in [-0.15, -0.1) is 0 Å². The summed E-state index contributed by atoms with van der Waals surface area (Å²) in [6.07, 6.45) is 0.